The maximum atomic E-state index is 8.56. The average Bonchev–Trinajstić information content (AvgIpc) is 2.36. The van der Waals surface area contributed by atoms with Gasteiger partial charge in [0, 0.05) is 18.1 Å². The highest BCUT2D eigenvalue weighted by atomic mass is 35.5. The summed E-state index contributed by atoms with van der Waals surface area (Å²) in [4.78, 5) is 0. The van der Waals surface area contributed by atoms with Crippen LogP contribution >= 0.6 is 23.1 Å². The lowest BCUT2D eigenvalue weighted by Crippen LogP contribution is -2.12. The number of hydrogen-bond donors (Lipinski definition) is 2. The van der Waals surface area contributed by atoms with Crippen LogP contribution in [0.3, 0.4) is 0 Å². The summed E-state index contributed by atoms with van der Waals surface area (Å²) in [7, 11) is 0. The molecular weight excluding hydrogens is 186 g/mol. The Balaban J connectivity index is 2.67. The van der Waals surface area contributed by atoms with Crippen molar-refractivity contribution in [1.29, 1.82) is 0 Å². The number of aliphatic hydroxyl groups is 1. The van der Waals surface area contributed by atoms with Gasteiger partial charge >= 0.3 is 0 Å². The number of rotatable bonds is 3. The standard InChI is InChI=1S/C5H8ClN3OS/c6-5-4(8-9-11-5)3(7)1-2-10/h3,10H,1-2,7H2. The largest absolute Gasteiger partial charge is 0.396 e. The zero-order valence-corrected chi connectivity index (χ0v) is 7.27. The van der Waals surface area contributed by atoms with E-state index in [0.717, 1.165) is 11.5 Å². The van der Waals surface area contributed by atoms with Gasteiger partial charge in [0.25, 0.3) is 0 Å². The fourth-order valence-electron chi connectivity index (χ4n) is 0.682. The molecule has 62 valence electrons. The van der Waals surface area contributed by atoms with Crippen LogP contribution in [-0.4, -0.2) is 21.3 Å². The van der Waals surface area contributed by atoms with Gasteiger partial charge in [-0.25, -0.2) is 0 Å². The molecular formula is C5H8ClN3OS. The first-order valence-corrected chi connectivity index (χ1v) is 4.25. The fourth-order valence-corrected chi connectivity index (χ4v) is 1.44. The van der Waals surface area contributed by atoms with E-state index in [1.807, 2.05) is 0 Å². The molecule has 11 heavy (non-hydrogen) atoms. The van der Waals surface area contributed by atoms with Crippen LogP contribution in [0.15, 0.2) is 0 Å². The van der Waals surface area contributed by atoms with Gasteiger partial charge in [-0.1, -0.05) is 16.1 Å². The van der Waals surface area contributed by atoms with Crippen molar-refractivity contribution in [2.45, 2.75) is 12.5 Å². The number of nitrogens with zero attached hydrogens (tertiary/aromatic N) is 2. The minimum Gasteiger partial charge on any atom is -0.396 e. The highest BCUT2D eigenvalue weighted by molar-refractivity contribution is 7.10. The maximum absolute atomic E-state index is 8.56. The second kappa shape index (κ2) is 3.96. The molecule has 0 aliphatic heterocycles. The van der Waals surface area contributed by atoms with E-state index in [9.17, 15) is 0 Å². The van der Waals surface area contributed by atoms with Crippen molar-refractivity contribution in [3.63, 3.8) is 0 Å². The van der Waals surface area contributed by atoms with Crippen molar-refractivity contribution in [3.05, 3.63) is 10.0 Å². The smallest absolute Gasteiger partial charge is 0.139 e. The molecule has 0 amide bonds. The lowest BCUT2D eigenvalue weighted by atomic mass is 10.2. The van der Waals surface area contributed by atoms with Crippen LogP contribution in [0.25, 0.3) is 0 Å². The van der Waals surface area contributed by atoms with Gasteiger partial charge in [-0.3, -0.25) is 0 Å². The van der Waals surface area contributed by atoms with Crippen molar-refractivity contribution in [3.8, 4) is 0 Å². The van der Waals surface area contributed by atoms with Crippen molar-refractivity contribution in [2.24, 2.45) is 5.73 Å². The zero-order chi connectivity index (χ0) is 8.27. The molecule has 1 unspecified atom stereocenters. The van der Waals surface area contributed by atoms with Crippen LogP contribution < -0.4 is 5.73 Å². The second-order valence-electron chi connectivity index (χ2n) is 2.05. The van der Waals surface area contributed by atoms with Gasteiger partial charge in [-0.2, -0.15) is 0 Å². The molecule has 0 bridgehead atoms. The minimum atomic E-state index is -0.300. The van der Waals surface area contributed by atoms with Crippen molar-refractivity contribution < 1.29 is 5.11 Å². The minimum absolute atomic E-state index is 0.0367. The molecule has 1 heterocycles. The topological polar surface area (TPSA) is 72.0 Å². The molecule has 0 radical (unpaired) electrons. The summed E-state index contributed by atoms with van der Waals surface area (Å²) in [6.45, 7) is 0.0367. The van der Waals surface area contributed by atoms with Gasteiger partial charge in [0.15, 0.2) is 0 Å². The summed E-state index contributed by atoms with van der Waals surface area (Å²) in [6.07, 6.45) is 0.463. The number of nitrogens with two attached hydrogens (primary N) is 1. The van der Waals surface area contributed by atoms with E-state index in [1.165, 1.54) is 0 Å². The third-order valence-corrected chi connectivity index (χ3v) is 2.20. The van der Waals surface area contributed by atoms with Gasteiger partial charge in [-0.05, 0) is 6.42 Å². The first-order valence-electron chi connectivity index (χ1n) is 3.10. The normalized spacial score (nSPS) is 13.4. The van der Waals surface area contributed by atoms with Gasteiger partial charge < -0.3 is 10.8 Å². The summed E-state index contributed by atoms with van der Waals surface area (Å²) in [5.41, 5.74) is 6.19. The third kappa shape index (κ3) is 2.10. The Kier molecular flexibility index (Phi) is 3.19. The van der Waals surface area contributed by atoms with Crippen molar-refractivity contribution in [1.82, 2.24) is 9.59 Å². The predicted molar refractivity (Wildman–Crippen MR) is 43.6 cm³/mol. The van der Waals surface area contributed by atoms with Crippen LogP contribution in [0.1, 0.15) is 18.2 Å². The summed E-state index contributed by atoms with van der Waals surface area (Å²) in [5.74, 6) is 0. The Labute approximate surface area is 73.2 Å². The summed E-state index contributed by atoms with van der Waals surface area (Å²) in [6, 6.07) is -0.300. The van der Waals surface area contributed by atoms with E-state index < -0.39 is 0 Å². The average molecular weight is 194 g/mol. The Morgan fingerprint density at radius 1 is 1.73 bits per heavy atom. The molecule has 0 fully saturated rings. The Morgan fingerprint density at radius 3 is 2.91 bits per heavy atom. The molecule has 4 nitrogen and oxygen atoms in total. The van der Waals surface area contributed by atoms with Gasteiger partial charge in [0.05, 0.1) is 6.04 Å². The molecule has 0 aromatic carbocycles. The fraction of sp³-hybridized carbons (Fsp3) is 0.600. The van der Waals surface area contributed by atoms with Gasteiger partial charge in [0.1, 0.15) is 10.0 Å². The SMILES string of the molecule is NC(CCO)c1nnsc1Cl. The molecule has 0 aliphatic carbocycles. The molecule has 1 atom stereocenters. The molecule has 1 aromatic heterocycles. The van der Waals surface area contributed by atoms with Crippen LogP contribution in [0.4, 0.5) is 0 Å². The first-order chi connectivity index (χ1) is 5.25. The Hall–Kier alpha value is -0.230. The van der Waals surface area contributed by atoms with Gasteiger partial charge in [-0.15, -0.1) is 5.10 Å². The molecule has 0 saturated heterocycles. The highest BCUT2D eigenvalue weighted by Crippen LogP contribution is 2.23. The van der Waals surface area contributed by atoms with E-state index in [-0.39, 0.29) is 12.6 Å². The third-order valence-electron chi connectivity index (χ3n) is 1.26. The zero-order valence-electron chi connectivity index (χ0n) is 5.70. The lowest BCUT2D eigenvalue weighted by Gasteiger charge is -2.04. The van der Waals surface area contributed by atoms with E-state index in [2.05, 4.69) is 9.59 Å². The molecule has 0 aliphatic rings. The molecule has 1 aromatic rings. The summed E-state index contributed by atoms with van der Waals surface area (Å²) >= 11 is 6.80. The Bertz CT molecular complexity index is 229. The molecule has 1 rings (SSSR count). The lowest BCUT2D eigenvalue weighted by molar-refractivity contribution is 0.275. The first kappa shape index (κ1) is 8.86. The van der Waals surface area contributed by atoms with E-state index in [4.69, 9.17) is 22.4 Å². The summed E-state index contributed by atoms with van der Waals surface area (Å²) < 4.78 is 4.13. The van der Waals surface area contributed by atoms with Crippen molar-refractivity contribution >= 4 is 23.1 Å². The Morgan fingerprint density at radius 2 is 2.45 bits per heavy atom. The number of aliphatic hydroxyl groups excluding tert-OH is 1. The van der Waals surface area contributed by atoms with E-state index >= 15 is 0 Å². The van der Waals surface area contributed by atoms with Crippen LogP contribution in [0, 0.1) is 0 Å². The second-order valence-corrected chi connectivity index (χ2v) is 3.41. The van der Waals surface area contributed by atoms with Crippen LogP contribution in [-0.2, 0) is 0 Å². The summed E-state index contributed by atoms with van der Waals surface area (Å²) in [5, 5.41) is 12.3. The molecule has 6 heteroatoms. The number of halogens is 1. The van der Waals surface area contributed by atoms with Crippen LogP contribution in [0.5, 0.6) is 0 Å². The molecule has 0 spiro atoms. The quantitative estimate of drug-likeness (QED) is 0.737. The molecule has 0 saturated carbocycles. The highest BCUT2D eigenvalue weighted by Gasteiger charge is 2.13. The molecule has 3 N–H and O–H groups in total. The monoisotopic (exact) mass is 193 g/mol. The van der Waals surface area contributed by atoms with E-state index in [1.54, 1.807) is 0 Å². The number of hydrogen-bond acceptors (Lipinski definition) is 5. The maximum Gasteiger partial charge on any atom is 0.139 e. The number of aromatic nitrogens is 2. The van der Waals surface area contributed by atoms with Gasteiger partial charge in [0.2, 0.25) is 0 Å². The predicted octanol–water partition coefficient (Wildman–Crippen LogP) is 0.574. The van der Waals surface area contributed by atoms with Crippen molar-refractivity contribution in [2.75, 3.05) is 6.61 Å². The van der Waals surface area contributed by atoms with E-state index in [0.29, 0.717) is 16.5 Å². The van der Waals surface area contributed by atoms with Crippen LogP contribution in [0.2, 0.25) is 4.34 Å².